The van der Waals surface area contributed by atoms with E-state index in [2.05, 4.69) is 140 Å². The van der Waals surface area contributed by atoms with Crippen molar-refractivity contribution in [2.75, 3.05) is 7.11 Å². The van der Waals surface area contributed by atoms with Crippen LogP contribution in [-0.2, 0) is 0 Å². The second-order valence-electron chi connectivity index (χ2n) is 10.9. The van der Waals surface area contributed by atoms with Crippen molar-refractivity contribution in [2.45, 2.75) is 0 Å². The largest absolute Gasteiger partial charge is 0.497 e. The zero-order valence-electron chi connectivity index (χ0n) is 23.3. The molecule has 1 nitrogen and oxygen atoms in total. The third kappa shape index (κ3) is 4.02. The lowest BCUT2D eigenvalue weighted by Crippen LogP contribution is -1.92. The molecular weight excluding hydrogens is 508 g/mol. The molecule has 0 saturated carbocycles. The molecule has 0 unspecified atom stereocenters. The molecule has 0 bridgehead atoms. The summed E-state index contributed by atoms with van der Waals surface area (Å²) >= 11 is 0. The number of fused-ring (bicyclic) bond motifs is 4. The Hall–Kier alpha value is -5.40. The Morgan fingerprint density at radius 1 is 0.333 bits per heavy atom. The summed E-state index contributed by atoms with van der Waals surface area (Å²) < 4.78 is 5.43. The summed E-state index contributed by atoms with van der Waals surface area (Å²) in [7, 11) is 1.71. The van der Waals surface area contributed by atoms with Crippen LogP contribution < -0.4 is 4.74 Å². The Labute approximate surface area is 245 Å². The summed E-state index contributed by atoms with van der Waals surface area (Å²) in [5.74, 6) is 0.862. The van der Waals surface area contributed by atoms with Crippen LogP contribution in [0.15, 0.2) is 152 Å². The fourth-order valence-electron chi connectivity index (χ4n) is 6.45. The van der Waals surface area contributed by atoms with Crippen molar-refractivity contribution in [3.05, 3.63) is 152 Å². The fraction of sp³-hybridized carbons (Fsp3) is 0.0244. The van der Waals surface area contributed by atoms with E-state index < -0.39 is 0 Å². The maximum atomic E-state index is 5.43. The molecule has 0 spiro atoms. The molecular formula is C41H28O. The van der Waals surface area contributed by atoms with Crippen molar-refractivity contribution in [1.29, 1.82) is 0 Å². The smallest absolute Gasteiger partial charge is 0.118 e. The Balaban J connectivity index is 1.48. The van der Waals surface area contributed by atoms with Crippen LogP contribution in [0.5, 0.6) is 5.75 Å². The lowest BCUT2D eigenvalue weighted by Gasteiger charge is -2.19. The third-order valence-electron chi connectivity index (χ3n) is 8.52. The molecule has 0 heterocycles. The highest BCUT2D eigenvalue weighted by Gasteiger charge is 2.18. The van der Waals surface area contributed by atoms with Crippen LogP contribution in [0, 0.1) is 0 Å². The molecule has 1 heteroatoms. The van der Waals surface area contributed by atoms with E-state index in [9.17, 15) is 0 Å². The van der Waals surface area contributed by atoms with E-state index in [0.717, 1.165) is 5.75 Å². The van der Waals surface area contributed by atoms with Crippen molar-refractivity contribution in [2.24, 2.45) is 0 Å². The fourth-order valence-corrected chi connectivity index (χ4v) is 6.45. The van der Waals surface area contributed by atoms with Crippen molar-refractivity contribution < 1.29 is 4.74 Å². The summed E-state index contributed by atoms with van der Waals surface area (Å²) in [5.41, 5.74) is 7.36. The molecule has 0 N–H and O–H groups in total. The van der Waals surface area contributed by atoms with Gasteiger partial charge >= 0.3 is 0 Å². The van der Waals surface area contributed by atoms with Gasteiger partial charge in [-0.25, -0.2) is 0 Å². The molecule has 0 amide bonds. The van der Waals surface area contributed by atoms with Crippen LogP contribution in [0.25, 0.3) is 76.5 Å². The van der Waals surface area contributed by atoms with Gasteiger partial charge in [-0.3, -0.25) is 0 Å². The first-order valence-electron chi connectivity index (χ1n) is 14.4. The van der Waals surface area contributed by atoms with E-state index in [-0.39, 0.29) is 0 Å². The van der Waals surface area contributed by atoms with Crippen LogP contribution in [0.3, 0.4) is 0 Å². The van der Waals surface area contributed by atoms with E-state index in [1.807, 2.05) is 12.1 Å². The van der Waals surface area contributed by atoms with Gasteiger partial charge in [0, 0.05) is 0 Å². The first kappa shape index (κ1) is 24.4. The molecule has 0 saturated heterocycles. The molecule has 0 aliphatic rings. The first-order valence-corrected chi connectivity index (χ1v) is 14.4. The summed E-state index contributed by atoms with van der Waals surface area (Å²) in [6, 6.07) is 55.1. The van der Waals surface area contributed by atoms with E-state index in [1.54, 1.807) is 7.11 Å². The van der Waals surface area contributed by atoms with Gasteiger partial charge in [-0.1, -0.05) is 121 Å². The van der Waals surface area contributed by atoms with E-state index in [0.29, 0.717) is 0 Å². The second-order valence-corrected chi connectivity index (χ2v) is 10.9. The van der Waals surface area contributed by atoms with Crippen LogP contribution in [0.1, 0.15) is 0 Å². The van der Waals surface area contributed by atoms with Crippen LogP contribution in [-0.4, -0.2) is 7.11 Å². The highest BCUT2D eigenvalue weighted by molar-refractivity contribution is 6.22. The monoisotopic (exact) mass is 536 g/mol. The van der Waals surface area contributed by atoms with Crippen molar-refractivity contribution in [3.63, 3.8) is 0 Å². The van der Waals surface area contributed by atoms with Gasteiger partial charge in [0.05, 0.1) is 7.11 Å². The van der Waals surface area contributed by atoms with Crippen LogP contribution in [0.2, 0.25) is 0 Å². The zero-order chi connectivity index (χ0) is 28.0. The lowest BCUT2D eigenvalue weighted by atomic mass is 9.84. The van der Waals surface area contributed by atoms with Gasteiger partial charge in [0.2, 0.25) is 0 Å². The van der Waals surface area contributed by atoms with Gasteiger partial charge in [-0.15, -0.1) is 0 Å². The van der Waals surface area contributed by atoms with Gasteiger partial charge in [0.15, 0.2) is 0 Å². The van der Waals surface area contributed by atoms with Gasteiger partial charge in [-0.05, 0) is 107 Å². The second kappa shape index (κ2) is 9.90. The standard InChI is InChI=1S/C41H28O/c1-42-35-21-18-29(19-22-35)32-20-23-38-39(26-32)41(34-17-15-28-9-3-5-11-31(28)25-34)37-13-7-6-12-36(37)40(38)33-16-14-27-8-2-4-10-30(27)24-33/h2-26H,1H3. The van der Waals surface area contributed by atoms with Crippen molar-refractivity contribution in [1.82, 2.24) is 0 Å². The number of rotatable bonds is 4. The molecule has 8 aromatic rings. The predicted octanol–water partition coefficient (Wildman–Crippen LogP) is 11.3. The summed E-state index contributed by atoms with van der Waals surface area (Å²) in [5, 5.41) is 10.0. The quantitative estimate of drug-likeness (QED) is 0.203. The number of ether oxygens (including phenoxy) is 1. The van der Waals surface area contributed by atoms with Gasteiger partial charge < -0.3 is 4.74 Å². The van der Waals surface area contributed by atoms with Gasteiger partial charge in [0.25, 0.3) is 0 Å². The molecule has 0 fully saturated rings. The van der Waals surface area contributed by atoms with Crippen molar-refractivity contribution >= 4 is 43.1 Å². The average Bonchev–Trinajstić information content (AvgIpc) is 3.06. The Bertz CT molecular complexity index is 2280. The Kier molecular flexibility index (Phi) is 5.75. The molecule has 8 aromatic carbocycles. The molecule has 0 aliphatic heterocycles. The minimum Gasteiger partial charge on any atom is -0.497 e. The molecule has 198 valence electrons. The first-order chi connectivity index (χ1) is 20.8. The molecule has 42 heavy (non-hydrogen) atoms. The predicted molar refractivity (Wildman–Crippen MR) is 179 cm³/mol. The van der Waals surface area contributed by atoms with Crippen molar-refractivity contribution in [3.8, 4) is 39.1 Å². The van der Waals surface area contributed by atoms with Gasteiger partial charge in [-0.2, -0.15) is 0 Å². The SMILES string of the molecule is COc1ccc(-c2ccc3c(-c4ccc5ccccc5c4)c4ccccc4c(-c4ccc5ccccc5c4)c3c2)cc1. The van der Waals surface area contributed by atoms with E-state index >= 15 is 0 Å². The minimum atomic E-state index is 0.862. The van der Waals surface area contributed by atoms with E-state index in [1.165, 1.54) is 76.5 Å². The maximum Gasteiger partial charge on any atom is 0.118 e. The van der Waals surface area contributed by atoms with Crippen LogP contribution >= 0.6 is 0 Å². The maximum absolute atomic E-state index is 5.43. The van der Waals surface area contributed by atoms with E-state index in [4.69, 9.17) is 4.74 Å². The number of methoxy groups -OCH3 is 1. The molecule has 0 atom stereocenters. The highest BCUT2D eigenvalue weighted by Crippen LogP contribution is 2.45. The Morgan fingerprint density at radius 2 is 0.786 bits per heavy atom. The number of hydrogen-bond donors (Lipinski definition) is 0. The normalized spacial score (nSPS) is 11.5. The average molecular weight is 537 g/mol. The molecule has 8 rings (SSSR count). The molecule has 0 aliphatic carbocycles. The summed E-state index contributed by atoms with van der Waals surface area (Å²) in [4.78, 5) is 0. The molecule has 0 radical (unpaired) electrons. The van der Waals surface area contributed by atoms with Crippen LogP contribution in [0.4, 0.5) is 0 Å². The zero-order valence-corrected chi connectivity index (χ0v) is 23.3. The highest BCUT2D eigenvalue weighted by atomic mass is 16.5. The Morgan fingerprint density at radius 3 is 1.36 bits per heavy atom. The minimum absolute atomic E-state index is 0.862. The number of hydrogen-bond acceptors (Lipinski definition) is 1. The summed E-state index contributed by atoms with van der Waals surface area (Å²) in [6.07, 6.45) is 0. The molecule has 0 aromatic heterocycles. The lowest BCUT2D eigenvalue weighted by molar-refractivity contribution is 0.415. The third-order valence-corrected chi connectivity index (χ3v) is 8.52. The summed E-state index contributed by atoms with van der Waals surface area (Å²) in [6.45, 7) is 0. The topological polar surface area (TPSA) is 9.23 Å². The van der Waals surface area contributed by atoms with Gasteiger partial charge in [0.1, 0.15) is 5.75 Å². The number of benzene rings is 8.